The molecule has 0 radical (unpaired) electrons. The number of rotatable bonds is 7. The highest BCUT2D eigenvalue weighted by Crippen LogP contribution is 2.18. The smallest absolute Gasteiger partial charge is 0.304 e. The highest BCUT2D eigenvalue weighted by molar-refractivity contribution is 5.93. The Balaban J connectivity index is 2.59. The van der Waals surface area contributed by atoms with Gasteiger partial charge in [-0.15, -0.1) is 0 Å². The maximum Gasteiger partial charge on any atom is 0.304 e. The van der Waals surface area contributed by atoms with Gasteiger partial charge in [-0.2, -0.15) is 5.10 Å². The molecule has 0 saturated heterocycles. The molecule has 0 spiro atoms. The van der Waals surface area contributed by atoms with E-state index < -0.39 is 5.97 Å². The van der Waals surface area contributed by atoms with Crippen LogP contribution < -0.4 is 5.32 Å². The lowest BCUT2D eigenvalue weighted by Gasteiger charge is -2.18. The largest absolute Gasteiger partial charge is 0.481 e. The lowest BCUT2D eigenvalue weighted by molar-refractivity contribution is -0.137. The Morgan fingerprint density at radius 3 is 2.50 bits per heavy atom. The first-order valence-corrected chi connectivity index (χ1v) is 6.59. The molecule has 0 aliphatic rings. The topological polar surface area (TPSA) is 87.5 Å². The second kappa shape index (κ2) is 7.04. The maximum atomic E-state index is 12.0. The number of aromatic nitrogens is 2. The van der Waals surface area contributed by atoms with E-state index in [1.54, 1.807) is 9.58 Å². The van der Waals surface area contributed by atoms with Crippen LogP contribution >= 0.6 is 0 Å². The van der Waals surface area contributed by atoms with Crippen LogP contribution in [0.1, 0.15) is 24.7 Å². The third kappa shape index (κ3) is 4.34. The van der Waals surface area contributed by atoms with Crippen molar-refractivity contribution in [2.24, 2.45) is 7.05 Å². The number of carbonyl (C=O) groups is 2. The minimum Gasteiger partial charge on any atom is -0.481 e. The van der Waals surface area contributed by atoms with Gasteiger partial charge in [0, 0.05) is 13.6 Å². The number of carboxylic acid groups (broad SMARTS) is 1. The van der Waals surface area contributed by atoms with Crippen molar-refractivity contribution >= 4 is 17.6 Å². The van der Waals surface area contributed by atoms with E-state index in [-0.39, 0.29) is 18.9 Å². The third-order valence-electron chi connectivity index (χ3n) is 3.23. The Kier molecular flexibility index (Phi) is 5.69. The average molecular weight is 282 g/mol. The van der Waals surface area contributed by atoms with Crippen molar-refractivity contribution in [2.45, 2.75) is 27.2 Å². The van der Waals surface area contributed by atoms with E-state index in [2.05, 4.69) is 10.4 Å². The summed E-state index contributed by atoms with van der Waals surface area (Å²) in [6, 6.07) is 0. The molecule has 0 saturated carbocycles. The zero-order chi connectivity index (χ0) is 15.3. The van der Waals surface area contributed by atoms with Crippen molar-refractivity contribution in [1.29, 1.82) is 0 Å². The van der Waals surface area contributed by atoms with Gasteiger partial charge in [0.15, 0.2) is 0 Å². The first kappa shape index (κ1) is 16.2. The second-order valence-electron chi connectivity index (χ2n) is 4.73. The highest BCUT2D eigenvalue weighted by Gasteiger charge is 2.15. The van der Waals surface area contributed by atoms with E-state index in [0.29, 0.717) is 13.1 Å². The van der Waals surface area contributed by atoms with E-state index in [9.17, 15) is 9.59 Å². The summed E-state index contributed by atoms with van der Waals surface area (Å²) in [6.07, 6.45) is 0.0338. The van der Waals surface area contributed by atoms with Gasteiger partial charge in [0.25, 0.3) is 0 Å². The molecule has 1 rings (SSSR count). The van der Waals surface area contributed by atoms with Crippen LogP contribution in [0.4, 0.5) is 5.69 Å². The van der Waals surface area contributed by atoms with Crippen molar-refractivity contribution in [3.8, 4) is 0 Å². The fourth-order valence-electron chi connectivity index (χ4n) is 1.94. The number of aryl methyl sites for hydroxylation is 2. The number of likely N-dealkylation sites (N-methyl/N-ethyl adjacent to an activating group) is 1. The van der Waals surface area contributed by atoms with Crippen LogP contribution in [0.25, 0.3) is 0 Å². The lowest BCUT2D eigenvalue weighted by Crippen LogP contribution is -2.34. The summed E-state index contributed by atoms with van der Waals surface area (Å²) < 4.78 is 1.72. The first-order chi connectivity index (χ1) is 9.35. The van der Waals surface area contributed by atoms with Crippen molar-refractivity contribution in [3.05, 3.63) is 11.4 Å². The summed E-state index contributed by atoms with van der Waals surface area (Å²) in [5.74, 6) is -1.01. The van der Waals surface area contributed by atoms with Gasteiger partial charge >= 0.3 is 5.97 Å². The Labute approximate surface area is 118 Å². The van der Waals surface area contributed by atoms with Gasteiger partial charge in [-0.3, -0.25) is 19.2 Å². The van der Waals surface area contributed by atoms with Crippen LogP contribution in [-0.2, 0) is 16.6 Å². The van der Waals surface area contributed by atoms with Gasteiger partial charge in [-0.25, -0.2) is 0 Å². The number of hydrogen-bond acceptors (Lipinski definition) is 4. The fourth-order valence-corrected chi connectivity index (χ4v) is 1.94. The minimum atomic E-state index is -0.859. The number of hydrogen-bond donors (Lipinski definition) is 2. The minimum absolute atomic E-state index is 0.0338. The number of nitrogens with one attached hydrogen (secondary N) is 1. The Bertz CT molecular complexity index is 496. The summed E-state index contributed by atoms with van der Waals surface area (Å²) >= 11 is 0. The van der Waals surface area contributed by atoms with Crippen LogP contribution in [0.2, 0.25) is 0 Å². The lowest BCUT2D eigenvalue weighted by atomic mass is 10.3. The zero-order valence-electron chi connectivity index (χ0n) is 12.4. The summed E-state index contributed by atoms with van der Waals surface area (Å²) in [4.78, 5) is 24.3. The molecule has 0 aliphatic heterocycles. The van der Waals surface area contributed by atoms with Crippen LogP contribution in [0.5, 0.6) is 0 Å². The molecule has 1 heterocycles. The standard InChI is InChI=1S/C13H22N4O3/c1-5-17(7-6-12(19)20)8-11(18)14-13-9(2)15-16(4)10(13)3/h5-8H2,1-4H3,(H,14,18)(H,19,20). The van der Waals surface area contributed by atoms with Crippen LogP contribution in [0, 0.1) is 13.8 Å². The van der Waals surface area contributed by atoms with Gasteiger partial charge in [0.2, 0.25) is 5.91 Å². The SMILES string of the molecule is CCN(CCC(=O)O)CC(=O)Nc1c(C)nn(C)c1C. The molecule has 0 fully saturated rings. The van der Waals surface area contributed by atoms with E-state index >= 15 is 0 Å². The average Bonchev–Trinajstić information content (AvgIpc) is 2.61. The molecule has 1 aromatic rings. The van der Waals surface area contributed by atoms with E-state index in [4.69, 9.17) is 5.11 Å². The molecular formula is C13H22N4O3. The molecule has 112 valence electrons. The Morgan fingerprint density at radius 1 is 1.40 bits per heavy atom. The molecule has 0 aliphatic carbocycles. The number of carbonyl (C=O) groups excluding carboxylic acids is 1. The van der Waals surface area contributed by atoms with Crippen LogP contribution in [0.3, 0.4) is 0 Å². The van der Waals surface area contributed by atoms with Crippen molar-refractivity contribution in [1.82, 2.24) is 14.7 Å². The second-order valence-corrected chi connectivity index (χ2v) is 4.73. The van der Waals surface area contributed by atoms with E-state index in [1.807, 2.05) is 27.8 Å². The molecular weight excluding hydrogens is 260 g/mol. The normalized spacial score (nSPS) is 10.8. The first-order valence-electron chi connectivity index (χ1n) is 6.59. The molecule has 1 amide bonds. The van der Waals surface area contributed by atoms with Crippen LogP contribution in [-0.4, -0.2) is 51.3 Å². The number of carboxylic acids is 1. The van der Waals surface area contributed by atoms with Crippen LogP contribution in [0.15, 0.2) is 0 Å². The Morgan fingerprint density at radius 2 is 2.05 bits per heavy atom. The molecule has 0 bridgehead atoms. The zero-order valence-corrected chi connectivity index (χ0v) is 12.4. The Hall–Kier alpha value is -1.89. The van der Waals surface area contributed by atoms with Gasteiger partial charge in [-0.05, 0) is 20.4 Å². The van der Waals surface area contributed by atoms with Crippen molar-refractivity contribution < 1.29 is 14.7 Å². The van der Waals surface area contributed by atoms with E-state index in [1.165, 1.54) is 0 Å². The predicted octanol–water partition coefficient (Wildman–Crippen LogP) is 0.772. The van der Waals surface area contributed by atoms with Gasteiger partial charge in [0.05, 0.1) is 30.0 Å². The molecule has 1 aromatic heterocycles. The molecule has 0 aromatic carbocycles. The molecule has 7 heteroatoms. The number of nitrogens with zero attached hydrogens (tertiary/aromatic N) is 3. The molecule has 0 atom stereocenters. The van der Waals surface area contributed by atoms with Gasteiger partial charge in [0.1, 0.15) is 0 Å². The monoisotopic (exact) mass is 282 g/mol. The molecule has 0 unspecified atom stereocenters. The number of anilines is 1. The molecule has 20 heavy (non-hydrogen) atoms. The third-order valence-corrected chi connectivity index (χ3v) is 3.23. The predicted molar refractivity (Wildman–Crippen MR) is 75.7 cm³/mol. The number of amides is 1. The maximum absolute atomic E-state index is 12.0. The summed E-state index contributed by atoms with van der Waals surface area (Å²) in [6.45, 7) is 6.80. The van der Waals surface area contributed by atoms with Gasteiger partial charge in [-0.1, -0.05) is 6.92 Å². The van der Waals surface area contributed by atoms with Gasteiger partial charge < -0.3 is 10.4 Å². The highest BCUT2D eigenvalue weighted by atomic mass is 16.4. The number of aliphatic carboxylic acids is 1. The molecule has 2 N–H and O–H groups in total. The summed E-state index contributed by atoms with van der Waals surface area (Å²) in [7, 11) is 1.82. The quantitative estimate of drug-likeness (QED) is 0.771. The van der Waals surface area contributed by atoms with E-state index in [0.717, 1.165) is 17.1 Å². The van der Waals surface area contributed by atoms with Crippen molar-refractivity contribution in [3.63, 3.8) is 0 Å². The summed E-state index contributed by atoms with van der Waals surface area (Å²) in [5.41, 5.74) is 2.39. The summed E-state index contributed by atoms with van der Waals surface area (Å²) in [5, 5.41) is 15.7. The molecule has 7 nitrogen and oxygen atoms in total. The van der Waals surface area contributed by atoms with Crippen molar-refractivity contribution in [2.75, 3.05) is 25.0 Å². The fraction of sp³-hybridized carbons (Fsp3) is 0.615.